The van der Waals surface area contributed by atoms with Gasteiger partial charge < -0.3 is 5.32 Å². The van der Waals surface area contributed by atoms with Crippen molar-refractivity contribution in [3.8, 4) is 0 Å². The van der Waals surface area contributed by atoms with E-state index in [2.05, 4.69) is 21.2 Å². The number of halogens is 4. The van der Waals surface area contributed by atoms with Crippen molar-refractivity contribution in [2.24, 2.45) is 0 Å². The third kappa shape index (κ3) is 2.63. The summed E-state index contributed by atoms with van der Waals surface area (Å²) in [6.45, 7) is 0.407. The van der Waals surface area contributed by atoms with Gasteiger partial charge in [-0.15, -0.1) is 0 Å². The molecule has 0 amide bonds. The Morgan fingerprint density at radius 3 is 2.27 bits per heavy atom. The number of piperidine rings is 1. The van der Waals surface area contributed by atoms with Crippen molar-refractivity contribution in [2.75, 3.05) is 6.54 Å². The molecule has 0 spiro atoms. The Morgan fingerprint density at radius 2 is 1.91 bits per heavy atom. The number of nitrogens with one attached hydrogen (secondary N) is 1. The van der Waals surface area contributed by atoms with Gasteiger partial charge in [0.05, 0.1) is 0 Å². The maximum Gasteiger partial charge on any atom is 0.403 e. The van der Waals surface area contributed by atoms with Crippen molar-refractivity contribution in [2.45, 2.75) is 29.9 Å². The second-order valence-electron chi connectivity index (χ2n) is 2.68. The lowest BCUT2D eigenvalue weighted by molar-refractivity contribution is -0.159. The minimum Gasteiger partial charge on any atom is -0.305 e. The van der Waals surface area contributed by atoms with E-state index in [0.717, 1.165) is 0 Å². The van der Waals surface area contributed by atoms with Crippen LogP contribution in [0.1, 0.15) is 12.8 Å². The van der Waals surface area contributed by atoms with E-state index in [1.54, 1.807) is 0 Å². The molecule has 1 aliphatic heterocycles. The fourth-order valence-electron chi connectivity index (χ4n) is 1.10. The van der Waals surface area contributed by atoms with Gasteiger partial charge in [0.15, 0.2) is 0 Å². The van der Waals surface area contributed by atoms with Gasteiger partial charge in [-0.3, -0.25) is 0 Å². The van der Waals surface area contributed by atoms with E-state index in [9.17, 15) is 13.2 Å². The molecule has 1 aliphatic rings. The minimum atomic E-state index is -4.08. The van der Waals surface area contributed by atoms with Crippen LogP contribution in [0.3, 0.4) is 0 Å². The number of rotatable bonds is 0. The standard InChI is InChI=1S/C6H9BrF3N/c7-4-1-2-5(11-3-4)6(8,9)10/h4-5,11H,1-3H2. The van der Waals surface area contributed by atoms with E-state index in [0.29, 0.717) is 13.0 Å². The molecule has 66 valence electrons. The van der Waals surface area contributed by atoms with Gasteiger partial charge in [0, 0.05) is 11.4 Å². The van der Waals surface area contributed by atoms with Gasteiger partial charge in [-0.2, -0.15) is 13.2 Å². The molecular weight excluding hydrogens is 223 g/mol. The van der Waals surface area contributed by atoms with Gasteiger partial charge in [0.2, 0.25) is 0 Å². The first-order valence-corrected chi connectivity index (χ1v) is 4.36. The van der Waals surface area contributed by atoms with Crippen LogP contribution in [-0.4, -0.2) is 23.6 Å². The largest absolute Gasteiger partial charge is 0.403 e. The molecule has 1 nitrogen and oxygen atoms in total. The van der Waals surface area contributed by atoms with Crippen molar-refractivity contribution in [1.82, 2.24) is 5.32 Å². The molecule has 1 rings (SSSR count). The molecule has 0 saturated carbocycles. The molecule has 1 heterocycles. The van der Waals surface area contributed by atoms with Crippen LogP contribution in [-0.2, 0) is 0 Å². The van der Waals surface area contributed by atoms with E-state index in [4.69, 9.17) is 0 Å². The van der Waals surface area contributed by atoms with Crippen LogP contribution in [0.15, 0.2) is 0 Å². The molecule has 0 radical (unpaired) electrons. The molecule has 5 heteroatoms. The van der Waals surface area contributed by atoms with Crippen LogP contribution in [0, 0.1) is 0 Å². The van der Waals surface area contributed by atoms with E-state index in [-0.39, 0.29) is 11.2 Å². The van der Waals surface area contributed by atoms with Gasteiger partial charge in [0.25, 0.3) is 0 Å². The Morgan fingerprint density at radius 1 is 1.27 bits per heavy atom. The Hall–Kier alpha value is 0.230. The van der Waals surface area contributed by atoms with Crippen LogP contribution in [0.5, 0.6) is 0 Å². The predicted molar refractivity (Wildman–Crippen MR) is 39.8 cm³/mol. The summed E-state index contributed by atoms with van der Waals surface area (Å²) in [5.41, 5.74) is 0. The highest BCUT2D eigenvalue weighted by molar-refractivity contribution is 9.09. The normalized spacial score (nSPS) is 33.8. The highest BCUT2D eigenvalue weighted by Crippen LogP contribution is 2.27. The van der Waals surface area contributed by atoms with E-state index >= 15 is 0 Å². The number of alkyl halides is 4. The average Bonchev–Trinajstić information content (AvgIpc) is 1.86. The fourth-order valence-corrected chi connectivity index (χ4v) is 1.55. The van der Waals surface area contributed by atoms with Crippen LogP contribution < -0.4 is 5.32 Å². The molecule has 2 atom stereocenters. The second kappa shape index (κ2) is 3.31. The summed E-state index contributed by atoms with van der Waals surface area (Å²) < 4.78 is 36.0. The monoisotopic (exact) mass is 231 g/mol. The summed E-state index contributed by atoms with van der Waals surface area (Å²) in [6.07, 6.45) is -3.30. The molecule has 0 bridgehead atoms. The molecule has 0 aromatic heterocycles. The van der Waals surface area contributed by atoms with E-state index < -0.39 is 12.2 Å². The number of hydrogen-bond donors (Lipinski definition) is 1. The zero-order chi connectivity index (χ0) is 8.48. The maximum atomic E-state index is 12.0. The van der Waals surface area contributed by atoms with E-state index in [1.165, 1.54) is 0 Å². The number of hydrogen-bond acceptors (Lipinski definition) is 1. The topological polar surface area (TPSA) is 12.0 Å². The molecular formula is C6H9BrF3N. The third-order valence-electron chi connectivity index (χ3n) is 1.75. The molecule has 0 aromatic rings. The lowest BCUT2D eigenvalue weighted by atomic mass is 10.0. The van der Waals surface area contributed by atoms with Crippen LogP contribution in [0.4, 0.5) is 13.2 Å². The summed E-state index contributed by atoms with van der Waals surface area (Å²) in [6, 6.07) is -1.30. The molecule has 0 aliphatic carbocycles. The van der Waals surface area contributed by atoms with Gasteiger partial charge >= 0.3 is 6.18 Å². The molecule has 11 heavy (non-hydrogen) atoms. The van der Waals surface area contributed by atoms with Crippen molar-refractivity contribution >= 4 is 15.9 Å². The zero-order valence-corrected chi connectivity index (χ0v) is 7.37. The third-order valence-corrected chi connectivity index (χ3v) is 2.53. The highest BCUT2D eigenvalue weighted by atomic mass is 79.9. The molecule has 1 saturated heterocycles. The van der Waals surface area contributed by atoms with Crippen molar-refractivity contribution in [3.63, 3.8) is 0 Å². The Kier molecular flexibility index (Phi) is 2.80. The summed E-state index contributed by atoms with van der Waals surface area (Å²) in [5.74, 6) is 0. The van der Waals surface area contributed by atoms with Gasteiger partial charge in [-0.05, 0) is 12.8 Å². The highest BCUT2D eigenvalue weighted by Gasteiger charge is 2.40. The first-order valence-electron chi connectivity index (χ1n) is 3.44. The molecule has 0 aromatic carbocycles. The Bertz CT molecular complexity index is 128. The quantitative estimate of drug-likeness (QED) is 0.630. The first kappa shape index (κ1) is 9.32. The van der Waals surface area contributed by atoms with Gasteiger partial charge in [-0.1, -0.05) is 15.9 Å². The Balaban J connectivity index is 2.39. The van der Waals surface area contributed by atoms with Crippen molar-refractivity contribution in [1.29, 1.82) is 0 Å². The average molecular weight is 232 g/mol. The first-order chi connectivity index (χ1) is 5.00. The zero-order valence-electron chi connectivity index (χ0n) is 5.79. The van der Waals surface area contributed by atoms with Gasteiger partial charge in [0.1, 0.15) is 6.04 Å². The second-order valence-corrected chi connectivity index (χ2v) is 3.97. The summed E-state index contributed by atoms with van der Waals surface area (Å²) in [5, 5.41) is 2.44. The predicted octanol–water partition coefficient (Wildman–Crippen LogP) is 2.06. The molecule has 2 unspecified atom stereocenters. The minimum absolute atomic E-state index is 0.180. The maximum absolute atomic E-state index is 12.0. The van der Waals surface area contributed by atoms with Crippen LogP contribution >= 0.6 is 15.9 Å². The SMILES string of the molecule is FC(F)(F)C1CCC(Br)CN1. The summed E-state index contributed by atoms with van der Waals surface area (Å²) in [7, 11) is 0. The fraction of sp³-hybridized carbons (Fsp3) is 1.00. The summed E-state index contributed by atoms with van der Waals surface area (Å²) >= 11 is 3.25. The molecule has 1 fully saturated rings. The van der Waals surface area contributed by atoms with Crippen LogP contribution in [0.25, 0.3) is 0 Å². The van der Waals surface area contributed by atoms with Gasteiger partial charge in [-0.25, -0.2) is 0 Å². The van der Waals surface area contributed by atoms with Crippen molar-refractivity contribution in [3.05, 3.63) is 0 Å². The lowest BCUT2D eigenvalue weighted by Crippen LogP contribution is -2.48. The smallest absolute Gasteiger partial charge is 0.305 e. The summed E-state index contributed by atoms with van der Waals surface area (Å²) in [4.78, 5) is 0.195. The lowest BCUT2D eigenvalue weighted by Gasteiger charge is -2.28. The molecule has 1 N–H and O–H groups in total. The van der Waals surface area contributed by atoms with Crippen LogP contribution in [0.2, 0.25) is 0 Å². The Labute approximate surface area is 71.5 Å². The van der Waals surface area contributed by atoms with Crippen molar-refractivity contribution < 1.29 is 13.2 Å². The van der Waals surface area contributed by atoms with E-state index in [1.807, 2.05) is 0 Å².